The van der Waals surface area contributed by atoms with E-state index >= 15 is 0 Å². The quantitative estimate of drug-likeness (QED) is 0.207. The van der Waals surface area contributed by atoms with Crippen molar-refractivity contribution in [2.75, 3.05) is 77.5 Å². The number of amidine groups is 1. The molecule has 1 atom stereocenters. The minimum absolute atomic E-state index is 0.0530. The number of nitrogens with zero attached hydrogens (tertiary/aromatic N) is 4. The maximum Gasteiger partial charge on any atom is 0.414 e. The first kappa shape index (κ1) is 28.8. The normalized spacial score (nSPS) is 21.4. The molecule has 3 heterocycles. The van der Waals surface area contributed by atoms with Crippen LogP contribution < -0.4 is 10.2 Å². The van der Waals surface area contributed by atoms with E-state index in [0.29, 0.717) is 43.9 Å². The number of ether oxygens (including phenoxy) is 3. The summed E-state index contributed by atoms with van der Waals surface area (Å²) in [6.45, 7) is 9.18. The van der Waals surface area contributed by atoms with E-state index in [0.717, 1.165) is 52.1 Å². The summed E-state index contributed by atoms with van der Waals surface area (Å²) in [5, 5.41) is 10.7. The second kappa shape index (κ2) is 13.7. The Morgan fingerprint density at radius 2 is 1.72 bits per heavy atom. The van der Waals surface area contributed by atoms with Crippen molar-refractivity contribution in [2.45, 2.75) is 38.4 Å². The highest BCUT2D eigenvalue weighted by molar-refractivity contribution is 6.04. The molecule has 3 fully saturated rings. The fourth-order valence-corrected chi connectivity index (χ4v) is 5.06. The molecule has 0 aromatic heterocycles. The molecule has 12 nitrogen and oxygen atoms in total. The molecule has 0 bridgehead atoms. The topological polar surface area (TPSA) is 128 Å². The van der Waals surface area contributed by atoms with Crippen molar-refractivity contribution in [3.8, 4) is 0 Å². The number of rotatable bonds is 9. The zero-order valence-corrected chi connectivity index (χ0v) is 22.9. The predicted octanol–water partition coefficient (Wildman–Crippen LogP) is 1.73. The summed E-state index contributed by atoms with van der Waals surface area (Å²) < 4.78 is 16.1. The molecule has 1 unspecified atom stereocenters. The number of piperazine rings is 1. The number of amides is 2. The number of carbonyl (C=O) groups excluding carboxylic acids is 3. The Bertz CT molecular complexity index is 1000. The van der Waals surface area contributed by atoms with Crippen LogP contribution in [0.1, 0.15) is 31.7 Å². The number of hydrogen-bond acceptors (Lipinski definition) is 10. The number of carbonyl (C=O) groups is 3. The van der Waals surface area contributed by atoms with Crippen LogP contribution in [0.15, 0.2) is 24.3 Å². The van der Waals surface area contributed by atoms with Crippen molar-refractivity contribution in [2.24, 2.45) is 0 Å². The van der Waals surface area contributed by atoms with E-state index in [-0.39, 0.29) is 24.0 Å². The molecular weight excluding hydrogens is 504 g/mol. The van der Waals surface area contributed by atoms with Crippen molar-refractivity contribution in [1.82, 2.24) is 20.0 Å². The molecule has 0 spiro atoms. The highest BCUT2D eigenvalue weighted by atomic mass is 16.6. The number of likely N-dealkylation sites (tertiary alicyclic amines) is 1. The summed E-state index contributed by atoms with van der Waals surface area (Å²) in [6.07, 6.45) is 0.585. The van der Waals surface area contributed by atoms with Gasteiger partial charge in [0.25, 0.3) is 0 Å². The summed E-state index contributed by atoms with van der Waals surface area (Å²) in [7, 11) is 2.04. The average Bonchev–Trinajstić information content (AvgIpc) is 3.29. The van der Waals surface area contributed by atoms with E-state index in [9.17, 15) is 14.4 Å². The van der Waals surface area contributed by atoms with E-state index in [1.807, 2.05) is 14.0 Å². The standard InChI is InChI=1S/C27H40N6O6/c1-3-37-24(34)10-13-31-14-16-32(17-15-31)18-23-19-33(27(36)39-23)21-6-4-20(5-7-21)25(28)29-26(35)38-22-8-11-30(2)12-9-22/h4-7,22-23H,3,8-19H2,1-2H3,(H2,28,29,35). The molecule has 3 saturated heterocycles. The number of esters is 1. The second-order valence-electron chi connectivity index (χ2n) is 10.3. The fraction of sp³-hybridized carbons (Fsp3) is 0.630. The lowest BCUT2D eigenvalue weighted by Crippen LogP contribution is -2.49. The first-order valence-electron chi connectivity index (χ1n) is 13.7. The molecule has 3 aliphatic heterocycles. The van der Waals surface area contributed by atoms with Crippen LogP contribution in [0.25, 0.3) is 0 Å². The highest BCUT2D eigenvalue weighted by Crippen LogP contribution is 2.23. The van der Waals surface area contributed by atoms with Gasteiger partial charge in [-0.3, -0.25) is 25.3 Å². The molecule has 2 amide bonds. The summed E-state index contributed by atoms with van der Waals surface area (Å²) in [4.78, 5) is 44.7. The first-order valence-corrected chi connectivity index (χ1v) is 13.7. The third-order valence-corrected chi connectivity index (χ3v) is 7.37. The number of cyclic esters (lactones) is 1. The predicted molar refractivity (Wildman–Crippen MR) is 145 cm³/mol. The molecule has 4 rings (SSSR count). The van der Waals surface area contributed by atoms with E-state index in [4.69, 9.17) is 19.6 Å². The van der Waals surface area contributed by atoms with Crippen LogP contribution in [-0.4, -0.2) is 123 Å². The minimum atomic E-state index is -0.621. The van der Waals surface area contributed by atoms with Crippen LogP contribution in [0.5, 0.6) is 0 Å². The Morgan fingerprint density at radius 1 is 1.05 bits per heavy atom. The van der Waals surface area contributed by atoms with Gasteiger partial charge >= 0.3 is 18.2 Å². The number of piperidine rings is 1. The SMILES string of the molecule is CCOC(=O)CCN1CCN(CC2CN(c3ccc(C(=N)NC(=O)OC4CCN(C)CC4)cc3)C(=O)O2)CC1. The van der Waals surface area contributed by atoms with Crippen LogP contribution in [0, 0.1) is 5.41 Å². The van der Waals surface area contributed by atoms with E-state index in [1.54, 1.807) is 29.2 Å². The van der Waals surface area contributed by atoms with Crippen molar-refractivity contribution in [1.29, 1.82) is 5.41 Å². The summed E-state index contributed by atoms with van der Waals surface area (Å²) in [5.74, 6) is -0.215. The van der Waals surface area contributed by atoms with Crippen molar-refractivity contribution in [3.63, 3.8) is 0 Å². The number of nitrogens with one attached hydrogen (secondary N) is 2. The zero-order chi connectivity index (χ0) is 27.8. The third-order valence-electron chi connectivity index (χ3n) is 7.37. The van der Waals surface area contributed by atoms with Crippen LogP contribution >= 0.6 is 0 Å². The zero-order valence-electron chi connectivity index (χ0n) is 22.9. The molecule has 2 N–H and O–H groups in total. The molecular formula is C27H40N6O6. The number of anilines is 1. The summed E-state index contributed by atoms with van der Waals surface area (Å²) in [5.41, 5.74) is 1.20. The Morgan fingerprint density at radius 3 is 2.38 bits per heavy atom. The maximum atomic E-state index is 12.6. The molecule has 0 saturated carbocycles. The Hall–Kier alpha value is -3.22. The molecule has 1 aromatic carbocycles. The lowest BCUT2D eigenvalue weighted by Gasteiger charge is -2.35. The highest BCUT2D eigenvalue weighted by Gasteiger charge is 2.34. The van der Waals surface area contributed by atoms with Gasteiger partial charge < -0.3 is 24.0 Å². The van der Waals surface area contributed by atoms with Gasteiger partial charge in [0.15, 0.2) is 0 Å². The number of hydrogen-bond donors (Lipinski definition) is 2. The van der Waals surface area contributed by atoms with Gasteiger partial charge in [0.05, 0.1) is 19.6 Å². The Labute approximate surface area is 229 Å². The summed E-state index contributed by atoms with van der Waals surface area (Å²) in [6, 6.07) is 6.90. The van der Waals surface area contributed by atoms with E-state index < -0.39 is 12.2 Å². The molecule has 0 aliphatic carbocycles. The van der Waals surface area contributed by atoms with Crippen LogP contribution in [0.2, 0.25) is 0 Å². The van der Waals surface area contributed by atoms with Gasteiger partial charge in [-0.25, -0.2) is 9.59 Å². The third kappa shape index (κ3) is 8.38. The number of alkyl carbamates (subject to hydrolysis) is 1. The van der Waals surface area contributed by atoms with Gasteiger partial charge in [0.2, 0.25) is 0 Å². The molecule has 1 aromatic rings. The monoisotopic (exact) mass is 544 g/mol. The van der Waals surface area contributed by atoms with Gasteiger partial charge in [-0.05, 0) is 51.1 Å². The average molecular weight is 545 g/mol. The molecule has 214 valence electrons. The van der Waals surface area contributed by atoms with Crippen LogP contribution in [-0.2, 0) is 19.0 Å². The van der Waals surface area contributed by atoms with Crippen molar-refractivity contribution in [3.05, 3.63) is 29.8 Å². The van der Waals surface area contributed by atoms with Crippen molar-refractivity contribution >= 4 is 29.7 Å². The van der Waals surface area contributed by atoms with Gasteiger partial charge in [-0.1, -0.05) is 0 Å². The second-order valence-corrected chi connectivity index (χ2v) is 10.3. The minimum Gasteiger partial charge on any atom is -0.466 e. The Kier molecular flexibility index (Phi) is 10.1. The van der Waals surface area contributed by atoms with E-state index in [2.05, 4.69) is 20.0 Å². The summed E-state index contributed by atoms with van der Waals surface area (Å²) >= 11 is 0. The molecule has 12 heteroatoms. The lowest BCUT2D eigenvalue weighted by molar-refractivity contribution is -0.143. The van der Waals surface area contributed by atoms with Gasteiger partial charge in [-0.15, -0.1) is 0 Å². The largest absolute Gasteiger partial charge is 0.466 e. The Balaban J connectivity index is 1.19. The fourth-order valence-electron chi connectivity index (χ4n) is 5.06. The molecule has 3 aliphatic rings. The number of benzene rings is 1. The smallest absolute Gasteiger partial charge is 0.414 e. The first-order chi connectivity index (χ1) is 18.8. The van der Waals surface area contributed by atoms with Crippen LogP contribution in [0.3, 0.4) is 0 Å². The molecule has 0 radical (unpaired) electrons. The van der Waals surface area contributed by atoms with Crippen molar-refractivity contribution < 1.29 is 28.6 Å². The maximum absolute atomic E-state index is 12.6. The van der Waals surface area contributed by atoms with Gasteiger partial charge in [0, 0.05) is 63.6 Å². The van der Waals surface area contributed by atoms with Crippen LogP contribution in [0.4, 0.5) is 15.3 Å². The lowest BCUT2D eigenvalue weighted by atomic mass is 10.1. The van der Waals surface area contributed by atoms with E-state index in [1.165, 1.54) is 0 Å². The van der Waals surface area contributed by atoms with Gasteiger partial charge in [-0.2, -0.15) is 0 Å². The van der Waals surface area contributed by atoms with Gasteiger partial charge in [0.1, 0.15) is 18.0 Å². The molecule has 39 heavy (non-hydrogen) atoms.